The van der Waals surface area contributed by atoms with Gasteiger partial charge in [-0.15, -0.1) is 0 Å². The van der Waals surface area contributed by atoms with E-state index in [0.29, 0.717) is 27.2 Å². The summed E-state index contributed by atoms with van der Waals surface area (Å²) in [6, 6.07) is 11.2. The maximum Gasteiger partial charge on any atom is 0.308 e. The number of carboxylic acids is 1. The van der Waals surface area contributed by atoms with E-state index in [4.69, 9.17) is 33.0 Å². The maximum atomic E-state index is 12.0. The van der Waals surface area contributed by atoms with Gasteiger partial charge < -0.3 is 20.1 Å². The molecule has 1 saturated heterocycles. The molecule has 9 heteroatoms. The number of carbonyl (C=O) groups is 3. The largest absolute Gasteiger partial charge is 0.484 e. The lowest BCUT2D eigenvalue weighted by Crippen LogP contribution is -2.25. The van der Waals surface area contributed by atoms with Crippen molar-refractivity contribution in [1.82, 2.24) is 0 Å². The molecule has 0 unspecified atom stereocenters. The van der Waals surface area contributed by atoms with E-state index in [1.54, 1.807) is 42.5 Å². The van der Waals surface area contributed by atoms with Crippen molar-refractivity contribution in [3.63, 3.8) is 0 Å². The van der Waals surface area contributed by atoms with Crippen LogP contribution in [0.25, 0.3) is 0 Å². The quantitative estimate of drug-likeness (QED) is 0.742. The number of carbonyl (C=O) groups excluding carboxylic acids is 2. The summed E-state index contributed by atoms with van der Waals surface area (Å²) < 4.78 is 5.43. The lowest BCUT2D eigenvalue weighted by Gasteiger charge is -2.16. The van der Waals surface area contributed by atoms with Gasteiger partial charge in [0.2, 0.25) is 5.91 Å². The summed E-state index contributed by atoms with van der Waals surface area (Å²) in [6.07, 6.45) is -0.0126. The van der Waals surface area contributed by atoms with Gasteiger partial charge in [-0.2, -0.15) is 0 Å². The predicted octanol–water partition coefficient (Wildman–Crippen LogP) is 3.45. The van der Waals surface area contributed by atoms with Crippen LogP contribution in [-0.2, 0) is 14.4 Å². The van der Waals surface area contributed by atoms with Gasteiger partial charge in [-0.25, -0.2) is 0 Å². The van der Waals surface area contributed by atoms with Crippen LogP contribution in [0.4, 0.5) is 11.4 Å². The number of nitrogens with one attached hydrogen (secondary N) is 1. The molecule has 0 saturated carbocycles. The molecule has 28 heavy (non-hydrogen) atoms. The third kappa shape index (κ3) is 4.94. The molecule has 0 bridgehead atoms. The van der Waals surface area contributed by atoms with E-state index in [1.807, 2.05) is 0 Å². The average Bonchev–Trinajstić information content (AvgIpc) is 3.02. The molecule has 3 rings (SSSR count). The number of ether oxygens (including phenoxy) is 1. The van der Waals surface area contributed by atoms with Crippen LogP contribution in [0.2, 0.25) is 10.0 Å². The molecule has 1 atom stereocenters. The number of hydrogen-bond acceptors (Lipinski definition) is 4. The number of nitrogens with zero attached hydrogens (tertiary/aromatic N) is 1. The molecule has 2 amide bonds. The molecule has 0 spiro atoms. The van der Waals surface area contributed by atoms with Crippen molar-refractivity contribution in [3.8, 4) is 5.75 Å². The Kier molecular flexibility index (Phi) is 6.06. The van der Waals surface area contributed by atoms with E-state index in [9.17, 15) is 14.4 Å². The first-order valence-electron chi connectivity index (χ1n) is 8.34. The topological polar surface area (TPSA) is 95.9 Å². The van der Waals surface area contributed by atoms with Crippen LogP contribution in [-0.4, -0.2) is 36.0 Å². The van der Waals surface area contributed by atoms with Gasteiger partial charge in [0, 0.05) is 34.4 Å². The average molecular weight is 423 g/mol. The highest BCUT2D eigenvalue weighted by atomic mass is 35.5. The minimum absolute atomic E-state index is 0.0126. The van der Waals surface area contributed by atoms with Crippen LogP contribution in [0.3, 0.4) is 0 Å². The Morgan fingerprint density at radius 1 is 1.14 bits per heavy atom. The van der Waals surface area contributed by atoms with E-state index in [2.05, 4.69) is 5.32 Å². The molecule has 2 aromatic rings. The normalized spacial score (nSPS) is 16.1. The lowest BCUT2D eigenvalue weighted by molar-refractivity contribution is -0.141. The van der Waals surface area contributed by atoms with E-state index >= 15 is 0 Å². The highest BCUT2D eigenvalue weighted by Crippen LogP contribution is 2.27. The third-order valence-corrected chi connectivity index (χ3v) is 4.58. The van der Waals surface area contributed by atoms with Crippen molar-refractivity contribution in [2.24, 2.45) is 5.92 Å². The molecule has 0 radical (unpaired) electrons. The molecule has 2 N–H and O–H groups in total. The van der Waals surface area contributed by atoms with Gasteiger partial charge in [-0.3, -0.25) is 14.4 Å². The van der Waals surface area contributed by atoms with Gasteiger partial charge in [-0.1, -0.05) is 23.2 Å². The van der Waals surface area contributed by atoms with Gasteiger partial charge in [0.05, 0.1) is 5.92 Å². The monoisotopic (exact) mass is 422 g/mol. The highest BCUT2D eigenvalue weighted by molar-refractivity contribution is 6.35. The second-order valence-corrected chi connectivity index (χ2v) is 7.11. The number of halogens is 2. The number of carboxylic acid groups (broad SMARTS) is 1. The number of aliphatic carboxylic acids is 1. The predicted molar refractivity (Wildman–Crippen MR) is 105 cm³/mol. The first kappa shape index (κ1) is 20.0. The first-order valence-corrected chi connectivity index (χ1v) is 9.09. The van der Waals surface area contributed by atoms with Crippen LogP contribution in [0.1, 0.15) is 6.42 Å². The van der Waals surface area contributed by atoms with Gasteiger partial charge in [0.15, 0.2) is 6.61 Å². The molecule has 146 valence electrons. The molecular weight excluding hydrogens is 407 g/mol. The molecule has 1 fully saturated rings. The van der Waals surface area contributed by atoms with E-state index in [0.717, 1.165) is 0 Å². The van der Waals surface area contributed by atoms with Crippen molar-refractivity contribution in [2.75, 3.05) is 23.4 Å². The fourth-order valence-electron chi connectivity index (χ4n) is 2.82. The van der Waals surface area contributed by atoms with Crippen LogP contribution in [0.15, 0.2) is 42.5 Å². The van der Waals surface area contributed by atoms with E-state index < -0.39 is 11.9 Å². The Labute approximate surface area is 170 Å². The summed E-state index contributed by atoms with van der Waals surface area (Å²) in [5.74, 6) is -1.87. The van der Waals surface area contributed by atoms with Crippen molar-refractivity contribution in [2.45, 2.75) is 6.42 Å². The summed E-state index contributed by atoms with van der Waals surface area (Å²) in [5, 5.41) is 12.5. The minimum Gasteiger partial charge on any atom is -0.484 e. The summed E-state index contributed by atoms with van der Waals surface area (Å²) in [4.78, 5) is 36.4. The molecular formula is C19H16Cl2N2O5. The van der Waals surface area contributed by atoms with Crippen molar-refractivity contribution >= 4 is 52.4 Å². The summed E-state index contributed by atoms with van der Waals surface area (Å²) in [5.41, 5.74) is 1.04. The van der Waals surface area contributed by atoms with Gasteiger partial charge in [0.25, 0.3) is 5.91 Å². The van der Waals surface area contributed by atoms with Gasteiger partial charge in [0.1, 0.15) is 5.75 Å². The standard InChI is InChI=1S/C19H16Cl2N2O5/c20-12-6-13(21)8-14(7-12)22-17(24)10-28-16-3-1-15(2-4-16)23-9-11(19(26)27)5-18(23)25/h1-4,6-8,11H,5,9-10H2,(H,22,24)(H,26,27)/t11-/m0/s1. The Balaban J connectivity index is 1.55. The van der Waals surface area contributed by atoms with Gasteiger partial charge in [-0.05, 0) is 42.5 Å². The highest BCUT2D eigenvalue weighted by Gasteiger charge is 2.34. The fourth-order valence-corrected chi connectivity index (χ4v) is 3.34. The van der Waals surface area contributed by atoms with Crippen molar-refractivity contribution in [1.29, 1.82) is 0 Å². The van der Waals surface area contributed by atoms with Crippen LogP contribution < -0.4 is 15.0 Å². The van der Waals surface area contributed by atoms with E-state index in [1.165, 1.54) is 4.90 Å². The minimum atomic E-state index is -0.984. The number of hydrogen-bond donors (Lipinski definition) is 2. The Morgan fingerprint density at radius 2 is 1.79 bits per heavy atom. The molecule has 0 aliphatic carbocycles. The zero-order valence-electron chi connectivity index (χ0n) is 14.5. The Morgan fingerprint density at radius 3 is 2.36 bits per heavy atom. The maximum absolute atomic E-state index is 12.0. The molecule has 2 aromatic carbocycles. The van der Waals surface area contributed by atoms with Gasteiger partial charge >= 0.3 is 5.97 Å². The molecule has 0 aromatic heterocycles. The fraction of sp³-hybridized carbons (Fsp3) is 0.211. The summed E-state index contributed by atoms with van der Waals surface area (Å²) in [6.45, 7) is -0.0911. The molecule has 1 aliphatic rings. The van der Waals surface area contributed by atoms with E-state index in [-0.39, 0.29) is 31.4 Å². The van der Waals surface area contributed by atoms with Crippen LogP contribution in [0.5, 0.6) is 5.75 Å². The van der Waals surface area contributed by atoms with Crippen molar-refractivity contribution in [3.05, 3.63) is 52.5 Å². The molecule has 1 aliphatic heterocycles. The Bertz CT molecular complexity index is 897. The first-order chi connectivity index (χ1) is 13.3. The zero-order valence-corrected chi connectivity index (χ0v) is 16.0. The number of benzene rings is 2. The number of anilines is 2. The second kappa shape index (κ2) is 8.50. The van der Waals surface area contributed by atoms with Crippen LogP contribution in [0, 0.1) is 5.92 Å². The smallest absolute Gasteiger partial charge is 0.308 e. The SMILES string of the molecule is O=C(COc1ccc(N2C[C@@H](C(=O)O)CC2=O)cc1)Nc1cc(Cl)cc(Cl)c1. The van der Waals surface area contributed by atoms with Crippen molar-refractivity contribution < 1.29 is 24.2 Å². The molecule has 7 nitrogen and oxygen atoms in total. The van der Waals surface area contributed by atoms with Crippen LogP contribution >= 0.6 is 23.2 Å². The Hall–Kier alpha value is -2.77. The number of amides is 2. The summed E-state index contributed by atoms with van der Waals surface area (Å²) in [7, 11) is 0. The third-order valence-electron chi connectivity index (χ3n) is 4.14. The molecule has 1 heterocycles. The zero-order chi connectivity index (χ0) is 20.3. The summed E-state index contributed by atoms with van der Waals surface area (Å²) >= 11 is 11.8. The number of rotatable bonds is 6. The second-order valence-electron chi connectivity index (χ2n) is 6.23. The lowest BCUT2D eigenvalue weighted by atomic mass is 10.1.